The summed E-state index contributed by atoms with van der Waals surface area (Å²) in [6, 6.07) is 15.4. The number of hydrogen-bond acceptors (Lipinski definition) is 7. The maximum atomic E-state index is 14.0. The number of aliphatic hydroxyl groups excluding tert-OH is 1. The van der Waals surface area contributed by atoms with Gasteiger partial charge in [-0.2, -0.15) is 4.31 Å². The zero-order chi connectivity index (χ0) is 36.6. The number of ether oxygens (including phenoxy) is 1. The van der Waals surface area contributed by atoms with Crippen LogP contribution in [0.5, 0.6) is 5.75 Å². The van der Waals surface area contributed by atoms with Gasteiger partial charge >= 0.3 is 0 Å². The van der Waals surface area contributed by atoms with Gasteiger partial charge in [-0.3, -0.25) is 9.59 Å². The third-order valence-corrected chi connectivity index (χ3v) is 10.3. The van der Waals surface area contributed by atoms with Gasteiger partial charge in [0.2, 0.25) is 21.8 Å². The van der Waals surface area contributed by atoms with Crippen LogP contribution in [0.15, 0.2) is 71.6 Å². The van der Waals surface area contributed by atoms with Crippen LogP contribution in [0.2, 0.25) is 0 Å². The van der Waals surface area contributed by atoms with Gasteiger partial charge in [0.1, 0.15) is 23.4 Å². The summed E-state index contributed by atoms with van der Waals surface area (Å²) < 4.78 is 62.8. The summed E-state index contributed by atoms with van der Waals surface area (Å²) in [5, 5.41) is 20.0. The fourth-order valence-corrected chi connectivity index (χ4v) is 7.47. The summed E-state index contributed by atoms with van der Waals surface area (Å²) >= 11 is 0. The van der Waals surface area contributed by atoms with Gasteiger partial charge in [-0.15, -0.1) is 0 Å². The Morgan fingerprint density at radius 1 is 0.960 bits per heavy atom. The van der Waals surface area contributed by atoms with Crippen LogP contribution in [0.3, 0.4) is 0 Å². The van der Waals surface area contributed by atoms with Crippen LogP contribution in [0.4, 0.5) is 8.78 Å². The molecular weight excluding hydrogens is 666 g/mol. The number of nitrogens with zero attached hydrogens (tertiary/aromatic N) is 1. The Morgan fingerprint density at radius 3 is 2.28 bits per heavy atom. The quantitative estimate of drug-likeness (QED) is 0.177. The lowest BCUT2D eigenvalue weighted by Gasteiger charge is -2.34. The third kappa shape index (κ3) is 10.3. The second kappa shape index (κ2) is 16.9. The number of amides is 2. The van der Waals surface area contributed by atoms with Crippen molar-refractivity contribution in [3.63, 3.8) is 0 Å². The van der Waals surface area contributed by atoms with E-state index in [0.717, 1.165) is 23.3 Å². The third-order valence-electron chi connectivity index (χ3n) is 8.43. The van der Waals surface area contributed by atoms with Gasteiger partial charge in [-0.05, 0) is 59.2 Å². The predicted molar refractivity (Wildman–Crippen MR) is 187 cm³/mol. The highest BCUT2D eigenvalue weighted by Gasteiger charge is 2.37. The van der Waals surface area contributed by atoms with Crippen molar-refractivity contribution in [2.75, 3.05) is 26.2 Å². The molecule has 13 heteroatoms. The monoisotopic (exact) mass is 714 g/mol. The first kappa shape index (κ1) is 38.9. The molecule has 3 aromatic rings. The molecule has 50 heavy (non-hydrogen) atoms. The van der Waals surface area contributed by atoms with E-state index in [2.05, 4.69) is 16.0 Å². The predicted octanol–water partition coefficient (Wildman–Crippen LogP) is 3.96. The lowest BCUT2D eigenvalue weighted by molar-refractivity contribution is -0.132. The Hall–Kier alpha value is -3.91. The molecule has 0 saturated heterocycles. The molecule has 0 aliphatic carbocycles. The van der Waals surface area contributed by atoms with Crippen molar-refractivity contribution in [1.82, 2.24) is 20.3 Å². The highest BCUT2D eigenvalue weighted by molar-refractivity contribution is 7.89. The molecule has 1 aliphatic heterocycles. The van der Waals surface area contributed by atoms with Crippen LogP contribution in [-0.4, -0.2) is 74.1 Å². The maximum absolute atomic E-state index is 14.0. The van der Waals surface area contributed by atoms with E-state index in [1.807, 2.05) is 44.2 Å². The van der Waals surface area contributed by atoms with Gasteiger partial charge < -0.3 is 25.8 Å². The minimum atomic E-state index is -4.04. The van der Waals surface area contributed by atoms with Crippen molar-refractivity contribution in [3.05, 3.63) is 95.1 Å². The van der Waals surface area contributed by atoms with E-state index >= 15 is 0 Å². The Morgan fingerprint density at radius 2 is 1.64 bits per heavy atom. The maximum Gasteiger partial charge on any atom is 0.243 e. The summed E-state index contributed by atoms with van der Waals surface area (Å²) in [6.07, 6.45) is -0.554. The molecule has 3 atom stereocenters. The van der Waals surface area contributed by atoms with E-state index < -0.39 is 57.1 Å². The average Bonchev–Trinajstić information content (AvgIpc) is 3.52. The fourth-order valence-electron chi connectivity index (χ4n) is 5.79. The molecule has 3 aromatic carbocycles. The SMILES string of the molecule is CC(C)CN(CC(O)C(Cc1ccccc1)NC(=O)C(NC(=O)CNCc1c(F)cccc1F)C(C)(C)C)S(=O)(=O)c1ccc2c(c1)CCO2. The molecule has 2 amide bonds. The average molecular weight is 715 g/mol. The molecule has 4 rings (SSSR count). The Balaban J connectivity index is 1.52. The molecule has 0 radical (unpaired) electrons. The lowest BCUT2D eigenvalue weighted by atomic mass is 9.85. The van der Waals surface area contributed by atoms with Gasteiger partial charge in [-0.25, -0.2) is 17.2 Å². The molecule has 1 aliphatic rings. The van der Waals surface area contributed by atoms with Crippen molar-refractivity contribution in [3.8, 4) is 5.75 Å². The number of benzene rings is 3. The van der Waals surface area contributed by atoms with E-state index in [9.17, 15) is 31.9 Å². The highest BCUT2D eigenvalue weighted by atomic mass is 32.2. The largest absolute Gasteiger partial charge is 0.493 e. The molecular formula is C37H48F2N4O6S. The van der Waals surface area contributed by atoms with Crippen molar-refractivity contribution in [2.24, 2.45) is 11.3 Å². The minimum Gasteiger partial charge on any atom is -0.493 e. The summed E-state index contributed by atoms with van der Waals surface area (Å²) in [6.45, 7) is 8.81. The zero-order valence-electron chi connectivity index (χ0n) is 29.2. The fraction of sp³-hybridized carbons (Fsp3) is 0.459. The van der Waals surface area contributed by atoms with E-state index in [1.165, 1.54) is 16.4 Å². The second-order valence-electron chi connectivity index (χ2n) is 14.1. The molecule has 0 bridgehead atoms. The van der Waals surface area contributed by atoms with E-state index in [0.29, 0.717) is 18.8 Å². The van der Waals surface area contributed by atoms with Crippen LogP contribution in [0, 0.1) is 23.0 Å². The Labute approximate surface area is 293 Å². The number of rotatable bonds is 16. The number of fused-ring (bicyclic) bond motifs is 1. The summed E-state index contributed by atoms with van der Waals surface area (Å²) in [5.41, 5.74) is 0.607. The summed E-state index contributed by atoms with van der Waals surface area (Å²) in [4.78, 5) is 27.0. The van der Waals surface area contributed by atoms with Gasteiger partial charge in [0.15, 0.2) is 0 Å². The van der Waals surface area contributed by atoms with Crippen molar-refractivity contribution < 1.29 is 36.6 Å². The van der Waals surface area contributed by atoms with Crippen LogP contribution in [-0.2, 0) is 39.0 Å². The van der Waals surface area contributed by atoms with E-state index in [-0.39, 0.29) is 49.0 Å². The molecule has 272 valence electrons. The van der Waals surface area contributed by atoms with Crippen LogP contribution in [0.25, 0.3) is 0 Å². The van der Waals surface area contributed by atoms with Crippen LogP contribution < -0.4 is 20.7 Å². The standard InChI is InChI=1S/C37H48F2N4O6S/c1-24(2)22-43(50(47,48)27-14-15-33-26(19-27)16-17-49-33)23-32(44)31(18-25-10-7-6-8-11-25)41-36(46)35(37(3,4)5)42-34(45)21-40-20-28-29(38)12-9-13-30(28)39/h6-15,19,24,31-32,35,40,44H,16-18,20-23H2,1-5H3,(H,41,46)(H,42,45). The van der Waals surface area contributed by atoms with Gasteiger partial charge in [0.25, 0.3) is 0 Å². The molecule has 0 aromatic heterocycles. The number of hydrogen-bond donors (Lipinski definition) is 4. The molecule has 4 N–H and O–H groups in total. The lowest BCUT2D eigenvalue weighted by Crippen LogP contribution is -2.59. The smallest absolute Gasteiger partial charge is 0.243 e. The molecule has 0 fully saturated rings. The number of nitrogens with one attached hydrogen (secondary N) is 3. The van der Waals surface area contributed by atoms with Crippen molar-refractivity contribution in [1.29, 1.82) is 0 Å². The van der Waals surface area contributed by atoms with E-state index in [1.54, 1.807) is 32.9 Å². The number of halogens is 2. The van der Waals surface area contributed by atoms with E-state index in [4.69, 9.17) is 4.74 Å². The summed E-state index contributed by atoms with van der Waals surface area (Å²) in [7, 11) is -4.04. The Kier molecular flexibility index (Phi) is 13.1. The Bertz CT molecular complexity index is 1710. The highest BCUT2D eigenvalue weighted by Crippen LogP contribution is 2.29. The first-order chi connectivity index (χ1) is 23.6. The molecule has 3 unspecified atom stereocenters. The second-order valence-corrected chi connectivity index (χ2v) is 16.1. The van der Waals surface area contributed by atoms with Gasteiger partial charge in [-0.1, -0.05) is 71.0 Å². The topological polar surface area (TPSA) is 137 Å². The summed E-state index contributed by atoms with van der Waals surface area (Å²) in [5.74, 6) is -2.06. The number of sulfonamides is 1. The normalized spacial score (nSPS) is 14.9. The first-order valence-electron chi connectivity index (χ1n) is 16.8. The van der Waals surface area contributed by atoms with Crippen molar-refractivity contribution >= 4 is 21.8 Å². The number of aliphatic hydroxyl groups is 1. The van der Waals surface area contributed by atoms with Gasteiger partial charge in [0.05, 0.1) is 30.2 Å². The van der Waals surface area contributed by atoms with Crippen LogP contribution >= 0.6 is 0 Å². The molecule has 10 nitrogen and oxygen atoms in total. The number of carbonyl (C=O) groups is 2. The van der Waals surface area contributed by atoms with Crippen LogP contribution in [0.1, 0.15) is 51.3 Å². The molecule has 1 heterocycles. The van der Waals surface area contributed by atoms with Crippen molar-refractivity contribution in [2.45, 2.75) is 77.1 Å². The zero-order valence-corrected chi connectivity index (χ0v) is 30.0. The minimum absolute atomic E-state index is 0.0686. The van der Waals surface area contributed by atoms with Gasteiger partial charge in [0, 0.05) is 31.6 Å². The molecule has 0 saturated carbocycles. The number of carbonyl (C=O) groups excluding carboxylic acids is 2. The first-order valence-corrected chi connectivity index (χ1v) is 18.2. The molecule has 0 spiro atoms.